The molecule has 4 fully saturated rings. The van der Waals surface area contributed by atoms with E-state index in [4.69, 9.17) is 14.2 Å². The molecule has 0 saturated heterocycles. The lowest BCUT2D eigenvalue weighted by atomic mass is 9.43. The smallest absolute Gasteiger partial charge is 0.293 e. The SMILES string of the molecule is CC(C(=O)C(Cc1ccccc1)c1ccccc1)C1CCC2C3C(OC=O)CC4CC(OC=O)CCC4(C)C3CC(OC=O)C12C. The Morgan fingerprint density at radius 2 is 1.50 bits per heavy atom. The molecule has 7 nitrogen and oxygen atoms in total. The fraction of sp³-hybridized carbons (Fsp3) is 0.590. The first-order valence-electron chi connectivity index (χ1n) is 17.2. The van der Waals surface area contributed by atoms with Crippen molar-refractivity contribution in [1.29, 1.82) is 0 Å². The van der Waals surface area contributed by atoms with E-state index in [1.54, 1.807) is 0 Å². The zero-order valence-electron chi connectivity index (χ0n) is 27.3. The van der Waals surface area contributed by atoms with E-state index in [0.29, 0.717) is 32.3 Å². The summed E-state index contributed by atoms with van der Waals surface area (Å²) >= 11 is 0. The molecular weight excluding hydrogens is 580 g/mol. The maximum Gasteiger partial charge on any atom is 0.293 e. The van der Waals surface area contributed by atoms with Crippen LogP contribution >= 0.6 is 0 Å². The lowest BCUT2D eigenvalue weighted by Gasteiger charge is -2.64. The number of rotatable bonds is 12. The number of Topliss-reactive ketones (excluding diaryl/α,β-unsaturated/α-hetero) is 1. The molecule has 0 radical (unpaired) electrons. The third kappa shape index (κ3) is 5.58. The van der Waals surface area contributed by atoms with Crippen LogP contribution in [0.1, 0.15) is 82.8 Å². The van der Waals surface area contributed by atoms with Gasteiger partial charge in [-0.1, -0.05) is 81.4 Å². The van der Waals surface area contributed by atoms with E-state index in [1.807, 2.05) is 36.4 Å². The maximum absolute atomic E-state index is 14.7. The van der Waals surface area contributed by atoms with Crippen molar-refractivity contribution in [1.82, 2.24) is 0 Å². The van der Waals surface area contributed by atoms with Gasteiger partial charge in [-0.25, -0.2) is 0 Å². The number of carbonyl (C=O) groups is 4. The molecule has 0 N–H and O–H groups in total. The van der Waals surface area contributed by atoms with Crippen LogP contribution in [0.3, 0.4) is 0 Å². The first-order valence-corrected chi connectivity index (χ1v) is 17.2. The van der Waals surface area contributed by atoms with Crippen molar-refractivity contribution in [2.75, 3.05) is 0 Å². The third-order valence-electron chi connectivity index (χ3n) is 13.3. The van der Waals surface area contributed by atoms with Gasteiger partial charge in [-0.3, -0.25) is 19.2 Å². The number of ether oxygens (including phenoxy) is 3. The monoisotopic (exact) mass is 628 g/mol. The number of benzene rings is 2. The van der Waals surface area contributed by atoms with Gasteiger partial charge in [0.25, 0.3) is 19.4 Å². The Morgan fingerprint density at radius 1 is 0.826 bits per heavy atom. The Morgan fingerprint density at radius 3 is 2.17 bits per heavy atom. The molecule has 4 saturated carbocycles. The molecule has 246 valence electrons. The molecule has 6 rings (SSSR count). The highest BCUT2D eigenvalue weighted by molar-refractivity contribution is 5.88. The Kier molecular flexibility index (Phi) is 9.40. The van der Waals surface area contributed by atoms with Crippen LogP contribution in [-0.2, 0) is 39.8 Å². The van der Waals surface area contributed by atoms with E-state index in [1.165, 1.54) is 0 Å². The Bertz CT molecular complexity index is 1380. The predicted molar refractivity (Wildman–Crippen MR) is 172 cm³/mol. The lowest BCUT2D eigenvalue weighted by Crippen LogP contribution is -2.63. The number of hydrogen-bond donors (Lipinski definition) is 0. The van der Waals surface area contributed by atoms with Crippen LogP contribution in [0.2, 0.25) is 0 Å². The number of carbonyl (C=O) groups excluding carboxylic acids is 4. The molecule has 12 atom stereocenters. The summed E-state index contributed by atoms with van der Waals surface area (Å²) in [5.41, 5.74) is 1.64. The molecule has 12 unspecified atom stereocenters. The number of ketones is 1. The van der Waals surface area contributed by atoms with Gasteiger partial charge < -0.3 is 14.2 Å². The first kappa shape index (κ1) is 32.5. The fourth-order valence-electron chi connectivity index (χ4n) is 11.1. The topological polar surface area (TPSA) is 96.0 Å². The largest absolute Gasteiger partial charge is 0.465 e. The Hall–Kier alpha value is -3.48. The van der Waals surface area contributed by atoms with Crippen molar-refractivity contribution in [3.63, 3.8) is 0 Å². The summed E-state index contributed by atoms with van der Waals surface area (Å²) in [7, 11) is 0. The van der Waals surface area contributed by atoms with Crippen LogP contribution in [0.25, 0.3) is 0 Å². The van der Waals surface area contributed by atoms with E-state index in [-0.39, 0.29) is 70.9 Å². The van der Waals surface area contributed by atoms with E-state index < -0.39 is 5.41 Å². The molecule has 4 aliphatic rings. The summed E-state index contributed by atoms with van der Waals surface area (Å²) in [5.74, 6) is 0.326. The van der Waals surface area contributed by atoms with Crippen LogP contribution in [0.15, 0.2) is 60.7 Å². The van der Waals surface area contributed by atoms with Gasteiger partial charge >= 0.3 is 0 Å². The summed E-state index contributed by atoms with van der Waals surface area (Å²) in [6, 6.07) is 20.3. The Balaban J connectivity index is 1.33. The van der Waals surface area contributed by atoms with Crippen LogP contribution in [0.4, 0.5) is 0 Å². The highest BCUT2D eigenvalue weighted by atomic mass is 16.5. The highest BCUT2D eigenvalue weighted by Crippen LogP contribution is 2.69. The minimum Gasteiger partial charge on any atom is -0.465 e. The lowest BCUT2D eigenvalue weighted by molar-refractivity contribution is -0.218. The molecule has 0 heterocycles. The fourth-order valence-corrected chi connectivity index (χ4v) is 11.1. The normalized spacial score (nSPS) is 37.7. The van der Waals surface area contributed by atoms with Crippen molar-refractivity contribution in [2.24, 2.45) is 46.3 Å². The minimum absolute atomic E-state index is 0.0111. The van der Waals surface area contributed by atoms with Crippen LogP contribution in [-0.4, -0.2) is 43.5 Å². The minimum atomic E-state index is -0.448. The highest BCUT2D eigenvalue weighted by Gasteiger charge is 2.68. The predicted octanol–water partition coefficient (Wildman–Crippen LogP) is 6.72. The zero-order chi connectivity index (χ0) is 32.5. The van der Waals surface area contributed by atoms with Gasteiger partial charge in [0.05, 0.1) is 0 Å². The van der Waals surface area contributed by atoms with Crippen LogP contribution in [0, 0.1) is 46.3 Å². The van der Waals surface area contributed by atoms with Crippen molar-refractivity contribution in [3.8, 4) is 0 Å². The van der Waals surface area contributed by atoms with Gasteiger partial charge in [0, 0.05) is 23.2 Å². The summed E-state index contributed by atoms with van der Waals surface area (Å²) in [4.78, 5) is 49.8. The summed E-state index contributed by atoms with van der Waals surface area (Å²) in [6.07, 6.45) is 5.48. The molecule has 7 heteroatoms. The third-order valence-corrected chi connectivity index (χ3v) is 13.3. The van der Waals surface area contributed by atoms with Crippen molar-refractivity contribution >= 4 is 25.2 Å². The average Bonchev–Trinajstić information content (AvgIpc) is 3.43. The van der Waals surface area contributed by atoms with E-state index in [9.17, 15) is 19.2 Å². The summed E-state index contributed by atoms with van der Waals surface area (Å²) < 4.78 is 17.4. The average molecular weight is 629 g/mol. The maximum atomic E-state index is 14.7. The van der Waals surface area contributed by atoms with Gasteiger partial charge in [0.15, 0.2) is 0 Å². The molecular formula is C39H48O7. The van der Waals surface area contributed by atoms with Gasteiger partial charge in [0.1, 0.15) is 24.1 Å². The molecule has 2 aromatic rings. The number of fused-ring (bicyclic) bond motifs is 5. The molecule has 0 aromatic heterocycles. The zero-order valence-corrected chi connectivity index (χ0v) is 27.3. The van der Waals surface area contributed by atoms with E-state index in [0.717, 1.165) is 49.7 Å². The summed E-state index contributed by atoms with van der Waals surface area (Å²) in [6.45, 7) is 8.38. The van der Waals surface area contributed by atoms with E-state index in [2.05, 4.69) is 45.0 Å². The van der Waals surface area contributed by atoms with Gasteiger partial charge in [-0.15, -0.1) is 0 Å². The van der Waals surface area contributed by atoms with Crippen LogP contribution < -0.4 is 0 Å². The summed E-state index contributed by atoms with van der Waals surface area (Å²) in [5, 5.41) is 0. The molecule has 0 bridgehead atoms. The van der Waals surface area contributed by atoms with Crippen molar-refractivity contribution < 1.29 is 33.4 Å². The quantitative estimate of drug-likeness (QED) is 0.190. The van der Waals surface area contributed by atoms with E-state index >= 15 is 0 Å². The number of hydrogen-bond acceptors (Lipinski definition) is 7. The van der Waals surface area contributed by atoms with Gasteiger partial charge in [-0.05, 0) is 91.6 Å². The van der Waals surface area contributed by atoms with Gasteiger partial charge in [-0.2, -0.15) is 0 Å². The second-order valence-corrected chi connectivity index (χ2v) is 15.0. The molecule has 46 heavy (non-hydrogen) atoms. The Labute approximate surface area is 272 Å². The molecule has 4 aliphatic carbocycles. The van der Waals surface area contributed by atoms with Crippen LogP contribution in [0.5, 0.6) is 0 Å². The molecule has 0 spiro atoms. The molecule has 2 aromatic carbocycles. The van der Waals surface area contributed by atoms with Crippen molar-refractivity contribution in [3.05, 3.63) is 71.8 Å². The van der Waals surface area contributed by atoms with Crippen molar-refractivity contribution in [2.45, 2.75) is 96.4 Å². The molecule has 0 amide bonds. The standard InChI is InChI=1S/C39H48O7/c1-25(37(43)30(27-12-8-5-9-13-27)18-26-10-6-4-7-11-26)31-14-15-32-36-33(21-35(46-24-42)39(31,32)3)38(2)17-16-29(44-22-40)19-28(38)20-34(36)45-23-41/h4-13,22-25,28-36H,14-21H2,1-3H3. The molecule has 0 aliphatic heterocycles. The second kappa shape index (κ2) is 13.3. The second-order valence-electron chi connectivity index (χ2n) is 15.0. The first-order chi connectivity index (χ1) is 22.3. The van der Waals surface area contributed by atoms with Gasteiger partial charge in [0.2, 0.25) is 0 Å².